The summed E-state index contributed by atoms with van der Waals surface area (Å²) in [6.07, 6.45) is 0.641. The molecule has 3 aromatic rings. The van der Waals surface area contributed by atoms with E-state index >= 15 is 0 Å². The van der Waals surface area contributed by atoms with Crippen LogP contribution in [0.4, 0.5) is 0 Å². The molecule has 22 heavy (non-hydrogen) atoms. The second kappa shape index (κ2) is 6.17. The quantitative estimate of drug-likeness (QED) is 0.716. The summed E-state index contributed by atoms with van der Waals surface area (Å²) in [5, 5.41) is 11.1. The van der Waals surface area contributed by atoms with E-state index in [0.29, 0.717) is 6.42 Å². The van der Waals surface area contributed by atoms with Crippen molar-refractivity contribution in [3.63, 3.8) is 0 Å². The van der Waals surface area contributed by atoms with Gasteiger partial charge in [-0.3, -0.25) is 0 Å². The molecule has 0 aliphatic carbocycles. The highest BCUT2D eigenvalue weighted by molar-refractivity contribution is 5.63. The van der Waals surface area contributed by atoms with Crippen LogP contribution < -0.4 is 0 Å². The predicted octanol–water partition coefficient (Wildman–Crippen LogP) is 5.00. The molecule has 1 unspecified atom stereocenters. The van der Waals surface area contributed by atoms with E-state index in [-0.39, 0.29) is 0 Å². The number of hydrogen-bond donors (Lipinski definition) is 1. The van der Waals surface area contributed by atoms with Crippen LogP contribution in [-0.2, 0) is 5.60 Å². The second-order valence-electron chi connectivity index (χ2n) is 5.52. The van der Waals surface area contributed by atoms with Crippen LogP contribution in [0.25, 0.3) is 11.1 Å². The van der Waals surface area contributed by atoms with E-state index in [4.69, 9.17) is 0 Å². The van der Waals surface area contributed by atoms with Crippen molar-refractivity contribution in [3.8, 4) is 11.1 Å². The molecule has 3 rings (SSSR count). The minimum atomic E-state index is -0.934. The van der Waals surface area contributed by atoms with Crippen molar-refractivity contribution in [1.29, 1.82) is 0 Å². The Balaban J connectivity index is 1.98. The highest BCUT2D eigenvalue weighted by Crippen LogP contribution is 2.33. The molecule has 1 heteroatoms. The topological polar surface area (TPSA) is 20.2 Å². The normalized spacial score (nSPS) is 13.5. The molecule has 0 radical (unpaired) electrons. The molecule has 0 aliphatic rings. The average Bonchev–Trinajstić information content (AvgIpc) is 2.63. The fraction of sp³-hybridized carbons (Fsp3) is 0.143. The van der Waals surface area contributed by atoms with Gasteiger partial charge in [0.15, 0.2) is 0 Å². The Bertz CT molecular complexity index is 717. The molecule has 0 spiro atoms. The molecule has 1 atom stereocenters. The van der Waals surface area contributed by atoms with Crippen LogP contribution in [0.2, 0.25) is 0 Å². The van der Waals surface area contributed by atoms with E-state index in [9.17, 15) is 5.11 Å². The van der Waals surface area contributed by atoms with Crippen molar-refractivity contribution in [3.05, 3.63) is 96.1 Å². The van der Waals surface area contributed by atoms with Gasteiger partial charge in [0, 0.05) is 0 Å². The molecule has 3 aromatic carbocycles. The molecule has 0 heterocycles. The van der Waals surface area contributed by atoms with Crippen LogP contribution in [0.1, 0.15) is 24.5 Å². The molecule has 0 bridgehead atoms. The van der Waals surface area contributed by atoms with Crippen LogP contribution in [0.3, 0.4) is 0 Å². The maximum Gasteiger partial charge on any atom is 0.114 e. The second-order valence-corrected chi connectivity index (χ2v) is 5.52. The molecular weight excluding hydrogens is 268 g/mol. The summed E-state index contributed by atoms with van der Waals surface area (Å²) >= 11 is 0. The third-order valence-corrected chi connectivity index (χ3v) is 4.23. The Morgan fingerprint density at radius 3 is 1.64 bits per heavy atom. The molecule has 0 aliphatic heterocycles. The van der Waals surface area contributed by atoms with Gasteiger partial charge in [0.25, 0.3) is 0 Å². The standard InChI is InChI=1S/C21H20O/c1-2-21(22,19-11-7-4-8-12-19)20-15-13-18(14-16-20)17-9-5-3-6-10-17/h3-16,22H,2H2,1H3. The van der Waals surface area contributed by atoms with Crippen molar-refractivity contribution < 1.29 is 5.11 Å². The van der Waals surface area contributed by atoms with Gasteiger partial charge < -0.3 is 5.11 Å². The molecule has 0 saturated heterocycles. The highest BCUT2D eigenvalue weighted by atomic mass is 16.3. The first-order valence-corrected chi connectivity index (χ1v) is 7.68. The lowest BCUT2D eigenvalue weighted by molar-refractivity contribution is 0.0765. The Labute approximate surface area is 131 Å². The molecule has 0 aromatic heterocycles. The maximum atomic E-state index is 11.1. The van der Waals surface area contributed by atoms with E-state index in [1.54, 1.807) is 0 Å². The number of hydrogen-bond acceptors (Lipinski definition) is 1. The molecule has 1 nitrogen and oxygen atoms in total. The van der Waals surface area contributed by atoms with Crippen molar-refractivity contribution in [2.75, 3.05) is 0 Å². The van der Waals surface area contributed by atoms with Crippen LogP contribution in [0.5, 0.6) is 0 Å². The van der Waals surface area contributed by atoms with Gasteiger partial charge in [-0.15, -0.1) is 0 Å². The van der Waals surface area contributed by atoms with E-state index in [0.717, 1.165) is 16.7 Å². The third kappa shape index (κ3) is 2.68. The van der Waals surface area contributed by atoms with Gasteiger partial charge in [0.2, 0.25) is 0 Å². The maximum absolute atomic E-state index is 11.1. The Hall–Kier alpha value is -2.38. The van der Waals surface area contributed by atoms with E-state index in [1.165, 1.54) is 5.56 Å². The fourth-order valence-corrected chi connectivity index (χ4v) is 2.86. The first-order chi connectivity index (χ1) is 10.7. The summed E-state index contributed by atoms with van der Waals surface area (Å²) in [6.45, 7) is 2.01. The molecule has 1 N–H and O–H groups in total. The first kappa shape index (κ1) is 14.6. The van der Waals surface area contributed by atoms with E-state index in [2.05, 4.69) is 24.3 Å². The zero-order valence-electron chi connectivity index (χ0n) is 12.7. The summed E-state index contributed by atoms with van der Waals surface area (Å²) in [7, 11) is 0. The fourth-order valence-electron chi connectivity index (χ4n) is 2.86. The van der Waals surface area contributed by atoms with Crippen molar-refractivity contribution in [2.45, 2.75) is 18.9 Å². The van der Waals surface area contributed by atoms with Crippen LogP contribution in [-0.4, -0.2) is 5.11 Å². The Morgan fingerprint density at radius 2 is 1.09 bits per heavy atom. The largest absolute Gasteiger partial charge is 0.380 e. The van der Waals surface area contributed by atoms with Gasteiger partial charge in [0.05, 0.1) is 0 Å². The van der Waals surface area contributed by atoms with E-state index in [1.807, 2.05) is 67.6 Å². The smallest absolute Gasteiger partial charge is 0.114 e. The molecular formula is C21H20O. The van der Waals surface area contributed by atoms with Crippen LogP contribution in [0.15, 0.2) is 84.9 Å². The monoisotopic (exact) mass is 288 g/mol. The van der Waals surface area contributed by atoms with E-state index < -0.39 is 5.60 Å². The average molecular weight is 288 g/mol. The summed E-state index contributed by atoms with van der Waals surface area (Å²) in [6, 6.07) is 28.4. The Kier molecular flexibility index (Phi) is 4.08. The molecule has 0 saturated carbocycles. The minimum Gasteiger partial charge on any atom is -0.380 e. The zero-order valence-corrected chi connectivity index (χ0v) is 12.7. The van der Waals surface area contributed by atoms with Gasteiger partial charge in [-0.1, -0.05) is 91.9 Å². The third-order valence-electron chi connectivity index (χ3n) is 4.23. The zero-order chi connectivity index (χ0) is 15.4. The van der Waals surface area contributed by atoms with Crippen molar-refractivity contribution in [2.24, 2.45) is 0 Å². The number of benzene rings is 3. The summed E-state index contributed by atoms with van der Waals surface area (Å²) in [5.41, 5.74) is 3.28. The highest BCUT2D eigenvalue weighted by Gasteiger charge is 2.29. The van der Waals surface area contributed by atoms with Gasteiger partial charge >= 0.3 is 0 Å². The predicted molar refractivity (Wildman–Crippen MR) is 91.6 cm³/mol. The van der Waals surface area contributed by atoms with Crippen LogP contribution in [0, 0.1) is 0 Å². The van der Waals surface area contributed by atoms with Gasteiger partial charge in [-0.2, -0.15) is 0 Å². The molecule has 110 valence electrons. The number of aliphatic hydroxyl groups is 1. The van der Waals surface area contributed by atoms with Crippen LogP contribution >= 0.6 is 0 Å². The number of rotatable bonds is 4. The first-order valence-electron chi connectivity index (χ1n) is 7.68. The van der Waals surface area contributed by atoms with Crippen molar-refractivity contribution >= 4 is 0 Å². The SMILES string of the molecule is CCC(O)(c1ccccc1)c1ccc(-c2ccccc2)cc1. The minimum absolute atomic E-state index is 0.641. The molecule has 0 fully saturated rings. The lowest BCUT2D eigenvalue weighted by Gasteiger charge is -2.28. The Morgan fingerprint density at radius 1 is 0.636 bits per heavy atom. The van der Waals surface area contributed by atoms with Crippen molar-refractivity contribution in [1.82, 2.24) is 0 Å². The summed E-state index contributed by atoms with van der Waals surface area (Å²) in [5.74, 6) is 0. The lowest BCUT2D eigenvalue weighted by atomic mass is 9.83. The van der Waals surface area contributed by atoms with Gasteiger partial charge in [-0.25, -0.2) is 0 Å². The van der Waals surface area contributed by atoms with Gasteiger partial charge in [0.1, 0.15) is 5.60 Å². The lowest BCUT2D eigenvalue weighted by Crippen LogP contribution is -2.26. The molecule has 0 amide bonds. The van der Waals surface area contributed by atoms with Gasteiger partial charge in [-0.05, 0) is 28.7 Å². The summed E-state index contributed by atoms with van der Waals surface area (Å²) < 4.78 is 0. The summed E-state index contributed by atoms with van der Waals surface area (Å²) in [4.78, 5) is 0.